The smallest absolute Gasteiger partial charge is 0.342 e. The number of nitrogens with zero attached hydrogens (tertiary/aromatic N) is 3. The number of likely N-dealkylation sites (tertiary alicyclic amines) is 1. The lowest BCUT2D eigenvalue weighted by Crippen LogP contribution is -2.36. The molecule has 5 nitrogen and oxygen atoms in total. The molecule has 0 N–H and O–H groups in total. The maximum absolute atomic E-state index is 12.6. The van der Waals surface area contributed by atoms with Crippen molar-refractivity contribution in [3.8, 4) is 11.1 Å². The Morgan fingerprint density at radius 3 is 2.62 bits per heavy atom. The van der Waals surface area contributed by atoms with E-state index in [0.717, 1.165) is 26.1 Å². The highest BCUT2D eigenvalue weighted by atomic mass is 16.5. The second-order valence-electron chi connectivity index (χ2n) is 8.64. The predicted octanol–water partition coefficient (Wildman–Crippen LogP) is 5.02. The molecule has 32 heavy (non-hydrogen) atoms. The van der Waals surface area contributed by atoms with Crippen molar-refractivity contribution in [3.63, 3.8) is 0 Å². The molecule has 0 spiro atoms. The van der Waals surface area contributed by atoms with Crippen LogP contribution in [0.15, 0.2) is 72.9 Å². The molecular formula is C27H31N3O2. The van der Waals surface area contributed by atoms with Crippen LogP contribution in [0.3, 0.4) is 0 Å². The fourth-order valence-electron chi connectivity index (χ4n) is 4.36. The number of rotatable bonds is 7. The lowest BCUT2D eigenvalue weighted by molar-refractivity contribution is 0.0378. The van der Waals surface area contributed by atoms with Crippen molar-refractivity contribution in [2.24, 2.45) is 0 Å². The number of ether oxygens (including phenoxy) is 1. The minimum absolute atomic E-state index is 0.160. The molecule has 0 saturated carbocycles. The van der Waals surface area contributed by atoms with Crippen LogP contribution in [-0.2, 0) is 11.3 Å². The molecular weight excluding hydrogens is 398 g/mol. The van der Waals surface area contributed by atoms with Gasteiger partial charge >= 0.3 is 5.97 Å². The van der Waals surface area contributed by atoms with Crippen LogP contribution in [-0.4, -0.2) is 48.1 Å². The van der Waals surface area contributed by atoms with Crippen LogP contribution in [0.2, 0.25) is 0 Å². The molecule has 0 unspecified atom stereocenters. The SMILES string of the molecule is CC(C)OC(=O)c1cccnc1N(C)[C@H]1CCN(Cc2ccccc2-c2ccccc2)C1. The molecule has 1 atom stereocenters. The number of anilines is 1. The summed E-state index contributed by atoms with van der Waals surface area (Å²) in [6.45, 7) is 6.56. The van der Waals surface area contributed by atoms with E-state index in [1.807, 2.05) is 20.9 Å². The highest BCUT2D eigenvalue weighted by Gasteiger charge is 2.29. The van der Waals surface area contributed by atoms with Gasteiger partial charge in [0.25, 0.3) is 0 Å². The largest absolute Gasteiger partial charge is 0.459 e. The van der Waals surface area contributed by atoms with Gasteiger partial charge in [-0.1, -0.05) is 54.6 Å². The van der Waals surface area contributed by atoms with Crippen LogP contribution in [0.5, 0.6) is 0 Å². The Bertz CT molecular complexity index is 1050. The first-order chi connectivity index (χ1) is 15.5. The van der Waals surface area contributed by atoms with Gasteiger partial charge in [-0.05, 0) is 49.1 Å². The van der Waals surface area contributed by atoms with Crippen molar-refractivity contribution >= 4 is 11.8 Å². The zero-order chi connectivity index (χ0) is 22.5. The lowest BCUT2D eigenvalue weighted by Gasteiger charge is -2.27. The summed E-state index contributed by atoms with van der Waals surface area (Å²) in [5.74, 6) is 0.372. The molecule has 3 aromatic rings. The van der Waals surface area contributed by atoms with Crippen molar-refractivity contribution in [1.82, 2.24) is 9.88 Å². The van der Waals surface area contributed by atoms with Gasteiger partial charge < -0.3 is 9.64 Å². The van der Waals surface area contributed by atoms with Gasteiger partial charge in [-0.2, -0.15) is 0 Å². The molecule has 0 aliphatic carbocycles. The first-order valence-electron chi connectivity index (χ1n) is 11.3. The minimum atomic E-state index is -0.318. The number of esters is 1. The molecule has 166 valence electrons. The number of hydrogen-bond donors (Lipinski definition) is 0. The standard InChI is InChI=1S/C27H31N3O2/c1-20(2)32-27(31)25-14-9-16-28-26(25)29(3)23-15-17-30(19-23)18-22-12-7-8-13-24(22)21-10-5-4-6-11-21/h4-14,16,20,23H,15,17-19H2,1-3H3/t23-/m0/s1. The van der Waals surface area contributed by atoms with E-state index in [2.05, 4.69) is 69.4 Å². The number of carbonyl (C=O) groups is 1. The number of benzene rings is 2. The number of carbonyl (C=O) groups excluding carboxylic acids is 1. The molecule has 4 rings (SSSR count). The van der Waals surface area contributed by atoms with E-state index in [4.69, 9.17) is 4.74 Å². The summed E-state index contributed by atoms with van der Waals surface area (Å²) in [7, 11) is 2.03. The molecule has 0 radical (unpaired) electrons. The third kappa shape index (κ3) is 5.00. The molecule has 1 fully saturated rings. The average Bonchev–Trinajstić information content (AvgIpc) is 3.27. The molecule has 2 aromatic carbocycles. The van der Waals surface area contributed by atoms with Crippen molar-refractivity contribution < 1.29 is 9.53 Å². The Kier molecular flexibility index (Phi) is 6.86. The Balaban J connectivity index is 1.47. The molecule has 1 aromatic heterocycles. The van der Waals surface area contributed by atoms with Gasteiger partial charge in [0.1, 0.15) is 11.4 Å². The van der Waals surface area contributed by atoms with Gasteiger partial charge in [-0.3, -0.25) is 4.90 Å². The number of hydrogen-bond acceptors (Lipinski definition) is 5. The summed E-state index contributed by atoms with van der Waals surface area (Å²) in [5.41, 5.74) is 4.39. The lowest BCUT2D eigenvalue weighted by atomic mass is 9.99. The minimum Gasteiger partial charge on any atom is -0.459 e. The van der Waals surface area contributed by atoms with Crippen molar-refractivity contribution in [1.29, 1.82) is 0 Å². The number of pyridine rings is 1. The third-order valence-corrected chi connectivity index (χ3v) is 5.97. The Hall–Kier alpha value is -3.18. The predicted molar refractivity (Wildman–Crippen MR) is 129 cm³/mol. The topological polar surface area (TPSA) is 45.7 Å². The first-order valence-corrected chi connectivity index (χ1v) is 11.3. The van der Waals surface area contributed by atoms with Crippen LogP contribution in [0, 0.1) is 0 Å². The highest BCUT2D eigenvalue weighted by Crippen LogP contribution is 2.28. The quantitative estimate of drug-likeness (QED) is 0.493. The summed E-state index contributed by atoms with van der Waals surface area (Å²) in [5, 5.41) is 0. The molecule has 1 aliphatic heterocycles. The maximum atomic E-state index is 12.6. The molecule has 2 heterocycles. The van der Waals surface area contributed by atoms with Gasteiger partial charge in [0.2, 0.25) is 0 Å². The van der Waals surface area contributed by atoms with E-state index in [9.17, 15) is 4.79 Å². The van der Waals surface area contributed by atoms with E-state index in [1.54, 1.807) is 18.3 Å². The number of aromatic nitrogens is 1. The number of likely N-dealkylation sites (N-methyl/N-ethyl adjacent to an activating group) is 1. The van der Waals surface area contributed by atoms with Crippen molar-refractivity contribution in [2.45, 2.75) is 39.0 Å². The highest BCUT2D eigenvalue weighted by molar-refractivity contribution is 5.94. The first kappa shape index (κ1) is 22.0. The van der Waals surface area contributed by atoms with Crippen LogP contribution in [0.4, 0.5) is 5.82 Å². The van der Waals surface area contributed by atoms with E-state index >= 15 is 0 Å². The van der Waals surface area contributed by atoms with Gasteiger partial charge in [0.15, 0.2) is 0 Å². The van der Waals surface area contributed by atoms with E-state index in [1.165, 1.54) is 16.7 Å². The van der Waals surface area contributed by atoms with Crippen LogP contribution in [0.25, 0.3) is 11.1 Å². The summed E-state index contributed by atoms with van der Waals surface area (Å²) < 4.78 is 5.43. The summed E-state index contributed by atoms with van der Waals surface area (Å²) in [6.07, 6.45) is 2.60. The van der Waals surface area contributed by atoms with Crippen LogP contribution in [0.1, 0.15) is 36.2 Å². The molecule has 0 amide bonds. The van der Waals surface area contributed by atoms with Gasteiger partial charge in [-0.15, -0.1) is 0 Å². The van der Waals surface area contributed by atoms with Crippen LogP contribution >= 0.6 is 0 Å². The summed E-state index contributed by atoms with van der Waals surface area (Å²) in [4.78, 5) is 21.7. The van der Waals surface area contributed by atoms with E-state index in [-0.39, 0.29) is 12.1 Å². The molecule has 5 heteroatoms. The van der Waals surface area contributed by atoms with Gasteiger partial charge in [0, 0.05) is 38.9 Å². The summed E-state index contributed by atoms with van der Waals surface area (Å²) >= 11 is 0. The Morgan fingerprint density at radius 1 is 1.09 bits per heavy atom. The zero-order valence-corrected chi connectivity index (χ0v) is 19.1. The van der Waals surface area contributed by atoms with E-state index in [0.29, 0.717) is 17.4 Å². The van der Waals surface area contributed by atoms with Gasteiger partial charge in [-0.25, -0.2) is 9.78 Å². The Morgan fingerprint density at radius 2 is 1.84 bits per heavy atom. The Labute approximate surface area is 190 Å². The van der Waals surface area contributed by atoms with Crippen molar-refractivity contribution in [3.05, 3.63) is 84.1 Å². The average molecular weight is 430 g/mol. The monoisotopic (exact) mass is 429 g/mol. The van der Waals surface area contributed by atoms with Crippen molar-refractivity contribution in [2.75, 3.05) is 25.0 Å². The van der Waals surface area contributed by atoms with E-state index < -0.39 is 0 Å². The molecule has 0 bridgehead atoms. The normalized spacial score (nSPS) is 16.3. The molecule has 1 saturated heterocycles. The van der Waals surface area contributed by atoms with Crippen LogP contribution < -0.4 is 4.90 Å². The second kappa shape index (κ2) is 9.96. The zero-order valence-electron chi connectivity index (χ0n) is 19.1. The second-order valence-corrected chi connectivity index (χ2v) is 8.64. The fraction of sp³-hybridized carbons (Fsp3) is 0.333. The fourth-order valence-corrected chi connectivity index (χ4v) is 4.36. The maximum Gasteiger partial charge on any atom is 0.342 e. The summed E-state index contributed by atoms with van der Waals surface area (Å²) in [6, 6.07) is 23.1. The molecule has 1 aliphatic rings. The third-order valence-electron chi connectivity index (χ3n) is 5.97. The van der Waals surface area contributed by atoms with Gasteiger partial charge in [0.05, 0.1) is 6.10 Å².